The van der Waals surface area contributed by atoms with Crippen molar-refractivity contribution in [3.63, 3.8) is 0 Å². The second kappa shape index (κ2) is 6.12. The summed E-state index contributed by atoms with van der Waals surface area (Å²) < 4.78 is 5.06. The second-order valence-electron chi connectivity index (χ2n) is 3.56. The van der Waals surface area contributed by atoms with Crippen molar-refractivity contribution < 1.29 is 14.6 Å². The fourth-order valence-corrected chi connectivity index (χ4v) is 1.48. The number of nitrogens with one attached hydrogen (secondary N) is 1. The standard InChI is InChI=1S/C12H17NO3/c1-3-9(8-16-2)13-11-7-5-4-6-10(11)12(14)15/h4-7,9,13H,3,8H2,1-2H3,(H,14,15). The van der Waals surface area contributed by atoms with Crippen LogP contribution in [0.3, 0.4) is 0 Å². The van der Waals surface area contributed by atoms with Gasteiger partial charge in [0.2, 0.25) is 0 Å². The van der Waals surface area contributed by atoms with Gasteiger partial charge >= 0.3 is 5.97 Å². The maximum atomic E-state index is 11.0. The van der Waals surface area contributed by atoms with E-state index in [-0.39, 0.29) is 11.6 Å². The molecule has 0 aromatic heterocycles. The largest absolute Gasteiger partial charge is 0.478 e. The quantitative estimate of drug-likeness (QED) is 0.776. The van der Waals surface area contributed by atoms with Gasteiger partial charge in [-0.15, -0.1) is 0 Å². The molecule has 0 saturated heterocycles. The highest BCUT2D eigenvalue weighted by molar-refractivity contribution is 5.94. The first-order valence-electron chi connectivity index (χ1n) is 5.26. The van der Waals surface area contributed by atoms with E-state index in [1.54, 1.807) is 25.3 Å². The summed E-state index contributed by atoms with van der Waals surface area (Å²) in [5.41, 5.74) is 0.927. The van der Waals surface area contributed by atoms with E-state index in [4.69, 9.17) is 9.84 Å². The van der Waals surface area contributed by atoms with Crippen molar-refractivity contribution in [2.24, 2.45) is 0 Å². The van der Waals surface area contributed by atoms with Gasteiger partial charge in [0, 0.05) is 18.8 Å². The van der Waals surface area contributed by atoms with E-state index in [0.717, 1.165) is 6.42 Å². The Balaban J connectivity index is 2.82. The Labute approximate surface area is 95.2 Å². The van der Waals surface area contributed by atoms with Gasteiger partial charge in [0.1, 0.15) is 0 Å². The first-order valence-corrected chi connectivity index (χ1v) is 5.26. The molecular weight excluding hydrogens is 206 g/mol. The SMILES string of the molecule is CCC(COC)Nc1ccccc1C(=O)O. The van der Waals surface area contributed by atoms with Gasteiger partial charge in [-0.25, -0.2) is 4.79 Å². The van der Waals surface area contributed by atoms with Crippen LogP contribution in [0, 0.1) is 0 Å². The molecule has 16 heavy (non-hydrogen) atoms. The molecule has 1 aromatic carbocycles. The lowest BCUT2D eigenvalue weighted by Crippen LogP contribution is -2.25. The number of carboxylic acids is 1. The Morgan fingerprint density at radius 3 is 2.75 bits per heavy atom. The number of hydrogen-bond acceptors (Lipinski definition) is 3. The Morgan fingerprint density at radius 2 is 2.19 bits per heavy atom. The Kier molecular flexibility index (Phi) is 4.79. The lowest BCUT2D eigenvalue weighted by Gasteiger charge is -2.18. The number of ether oxygens (including phenoxy) is 1. The average molecular weight is 223 g/mol. The van der Waals surface area contributed by atoms with Crippen molar-refractivity contribution in [3.05, 3.63) is 29.8 Å². The minimum Gasteiger partial charge on any atom is -0.478 e. The number of para-hydroxylation sites is 1. The number of aromatic carboxylic acids is 1. The Bertz CT molecular complexity index is 352. The molecule has 1 atom stereocenters. The highest BCUT2D eigenvalue weighted by Gasteiger charge is 2.12. The summed E-state index contributed by atoms with van der Waals surface area (Å²) in [5, 5.41) is 12.2. The van der Waals surface area contributed by atoms with E-state index in [2.05, 4.69) is 5.32 Å². The number of carboxylic acid groups (broad SMARTS) is 1. The number of methoxy groups -OCH3 is 1. The molecule has 1 rings (SSSR count). The predicted octanol–water partition coefficient (Wildman–Crippen LogP) is 2.22. The minimum atomic E-state index is -0.921. The zero-order valence-electron chi connectivity index (χ0n) is 9.56. The van der Waals surface area contributed by atoms with Crippen LogP contribution in [0.15, 0.2) is 24.3 Å². The van der Waals surface area contributed by atoms with Gasteiger partial charge in [0.25, 0.3) is 0 Å². The molecule has 0 saturated carbocycles. The predicted molar refractivity (Wildman–Crippen MR) is 63.0 cm³/mol. The van der Waals surface area contributed by atoms with E-state index in [0.29, 0.717) is 12.3 Å². The van der Waals surface area contributed by atoms with Crippen LogP contribution < -0.4 is 5.32 Å². The summed E-state index contributed by atoms with van der Waals surface area (Å²) in [6.07, 6.45) is 0.877. The second-order valence-corrected chi connectivity index (χ2v) is 3.56. The third kappa shape index (κ3) is 3.24. The molecular formula is C12H17NO3. The molecule has 0 spiro atoms. The van der Waals surface area contributed by atoms with Crippen LogP contribution in [0.2, 0.25) is 0 Å². The van der Waals surface area contributed by atoms with Gasteiger partial charge in [-0.1, -0.05) is 19.1 Å². The van der Waals surface area contributed by atoms with Crippen LogP contribution in [0.1, 0.15) is 23.7 Å². The molecule has 0 aliphatic carbocycles. The van der Waals surface area contributed by atoms with E-state index in [1.807, 2.05) is 13.0 Å². The zero-order valence-corrected chi connectivity index (χ0v) is 9.56. The summed E-state index contributed by atoms with van der Waals surface area (Å²) in [7, 11) is 1.63. The highest BCUT2D eigenvalue weighted by Crippen LogP contribution is 2.16. The number of anilines is 1. The van der Waals surface area contributed by atoms with Crippen LogP contribution in [0.25, 0.3) is 0 Å². The van der Waals surface area contributed by atoms with Crippen molar-refractivity contribution in [2.75, 3.05) is 19.0 Å². The third-order valence-electron chi connectivity index (χ3n) is 2.38. The smallest absolute Gasteiger partial charge is 0.337 e. The van der Waals surface area contributed by atoms with Crippen molar-refractivity contribution in [2.45, 2.75) is 19.4 Å². The maximum absolute atomic E-state index is 11.0. The Hall–Kier alpha value is -1.55. The molecule has 0 bridgehead atoms. The molecule has 2 N–H and O–H groups in total. The van der Waals surface area contributed by atoms with Crippen LogP contribution in [-0.4, -0.2) is 30.8 Å². The van der Waals surface area contributed by atoms with Crippen molar-refractivity contribution in [1.82, 2.24) is 0 Å². The van der Waals surface area contributed by atoms with E-state index < -0.39 is 5.97 Å². The number of benzene rings is 1. The van der Waals surface area contributed by atoms with Gasteiger partial charge in [0.15, 0.2) is 0 Å². The first-order chi connectivity index (χ1) is 7.69. The monoisotopic (exact) mass is 223 g/mol. The van der Waals surface area contributed by atoms with Crippen LogP contribution in [0.4, 0.5) is 5.69 Å². The number of hydrogen-bond donors (Lipinski definition) is 2. The number of carbonyl (C=O) groups is 1. The fourth-order valence-electron chi connectivity index (χ4n) is 1.48. The molecule has 0 fully saturated rings. The average Bonchev–Trinajstić information content (AvgIpc) is 2.29. The molecule has 88 valence electrons. The summed E-state index contributed by atoms with van der Waals surface area (Å²) in [5.74, 6) is -0.921. The normalized spacial score (nSPS) is 12.1. The van der Waals surface area contributed by atoms with Crippen LogP contribution in [-0.2, 0) is 4.74 Å². The van der Waals surface area contributed by atoms with Crippen molar-refractivity contribution >= 4 is 11.7 Å². The molecule has 0 amide bonds. The molecule has 1 aromatic rings. The Morgan fingerprint density at radius 1 is 1.50 bits per heavy atom. The lowest BCUT2D eigenvalue weighted by atomic mass is 10.1. The molecule has 1 unspecified atom stereocenters. The lowest BCUT2D eigenvalue weighted by molar-refractivity contribution is 0.0697. The number of rotatable bonds is 6. The zero-order chi connectivity index (χ0) is 12.0. The third-order valence-corrected chi connectivity index (χ3v) is 2.38. The summed E-state index contributed by atoms with van der Waals surface area (Å²) in [6, 6.07) is 7.01. The molecule has 4 nitrogen and oxygen atoms in total. The van der Waals surface area contributed by atoms with Gasteiger partial charge in [-0.05, 0) is 18.6 Å². The van der Waals surface area contributed by atoms with Crippen LogP contribution >= 0.6 is 0 Å². The van der Waals surface area contributed by atoms with Gasteiger partial charge in [0.05, 0.1) is 12.2 Å². The van der Waals surface area contributed by atoms with E-state index in [1.165, 1.54) is 0 Å². The van der Waals surface area contributed by atoms with Crippen molar-refractivity contribution in [3.8, 4) is 0 Å². The summed E-state index contributed by atoms with van der Waals surface area (Å²) >= 11 is 0. The minimum absolute atomic E-state index is 0.130. The first kappa shape index (κ1) is 12.5. The summed E-state index contributed by atoms with van der Waals surface area (Å²) in [6.45, 7) is 2.59. The van der Waals surface area contributed by atoms with Gasteiger partial charge in [-0.3, -0.25) is 0 Å². The molecule has 0 aliphatic rings. The molecule has 0 heterocycles. The summed E-state index contributed by atoms with van der Waals surface area (Å²) in [4.78, 5) is 11.0. The fraction of sp³-hybridized carbons (Fsp3) is 0.417. The molecule has 0 radical (unpaired) electrons. The molecule has 4 heteroatoms. The van der Waals surface area contributed by atoms with Crippen molar-refractivity contribution in [1.29, 1.82) is 0 Å². The van der Waals surface area contributed by atoms with Gasteiger partial charge in [-0.2, -0.15) is 0 Å². The van der Waals surface area contributed by atoms with E-state index >= 15 is 0 Å². The topological polar surface area (TPSA) is 58.6 Å². The van der Waals surface area contributed by atoms with E-state index in [9.17, 15) is 4.79 Å². The maximum Gasteiger partial charge on any atom is 0.337 e. The van der Waals surface area contributed by atoms with Gasteiger partial charge < -0.3 is 15.2 Å². The highest BCUT2D eigenvalue weighted by atomic mass is 16.5. The molecule has 0 aliphatic heterocycles. The van der Waals surface area contributed by atoms with Crippen LogP contribution in [0.5, 0.6) is 0 Å².